The lowest BCUT2D eigenvalue weighted by atomic mass is 10.4. The van der Waals surface area contributed by atoms with Gasteiger partial charge >= 0.3 is 0 Å². The minimum absolute atomic E-state index is 0.345. The first-order chi connectivity index (χ1) is 7.70. The summed E-state index contributed by atoms with van der Waals surface area (Å²) in [4.78, 5) is 13.7. The van der Waals surface area contributed by atoms with Crippen molar-refractivity contribution < 1.29 is 0 Å². The van der Waals surface area contributed by atoms with E-state index in [1.807, 2.05) is 19.9 Å². The van der Waals surface area contributed by atoms with Gasteiger partial charge in [-0.05, 0) is 25.6 Å². The summed E-state index contributed by atoms with van der Waals surface area (Å²) in [6, 6.07) is 2.02. The maximum absolute atomic E-state index is 8.87. The van der Waals surface area contributed by atoms with Gasteiger partial charge in [0.2, 0.25) is 0 Å². The van der Waals surface area contributed by atoms with Crippen molar-refractivity contribution in [3.8, 4) is 6.07 Å². The molecule has 80 valence electrons. The van der Waals surface area contributed by atoms with Crippen LogP contribution in [0, 0.1) is 25.2 Å². The highest BCUT2D eigenvalue weighted by Crippen LogP contribution is 2.32. The molecule has 0 saturated heterocycles. The molecular weight excluding hydrogens is 240 g/mol. The fraction of sp³-hybridized carbons (Fsp3) is 0.200. The van der Waals surface area contributed by atoms with Crippen LogP contribution in [0.3, 0.4) is 0 Å². The van der Waals surface area contributed by atoms with Gasteiger partial charge in [0, 0.05) is 17.3 Å². The third-order valence-corrected chi connectivity index (χ3v) is 4.09. The van der Waals surface area contributed by atoms with Crippen LogP contribution in [0.5, 0.6) is 0 Å². The molecule has 16 heavy (non-hydrogen) atoms. The van der Waals surface area contributed by atoms with Gasteiger partial charge in [-0.15, -0.1) is 11.3 Å². The third kappa shape index (κ3) is 2.21. The minimum Gasteiger partial charge on any atom is -0.245 e. The number of nitrogens with zero attached hydrogens (tertiary/aromatic N) is 4. The molecule has 6 heteroatoms. The molecule has 0 N–H and O–H groups in total. The summed E-state index contributed by atoms with van der Waals surface area (Å²) in [5.74, 6) is 0. The Balaban J connectivity index is 2.31. The summed E-state index contributed by atoms with van der Waals surface area (Å²) in [5, 5.41) is 9.48. The van der Waals surface area contributed by atoms with E-state index in [1.54, 1.807) is 17.5 Å². The average molecular weight is 248 g/mol. The molecule has 4 nitrogen and oxygen atoms in total. The van der Waals surface area contributed by atoms with Crippen molar-refractivity contribution >= 4 is 23.1 Å². The zero-order valence-electron chi connectivity index (χ0n) is 8.76. The molecule has 0 radical (unpaired) electrons. The first-order valence-electron chi connectivity index (χ1n) is 4.53. The van der Waals surface area contributed by atoms with E-state index in [0.717, 1.165) is 10.0 Å². The normalized spacial score (nSPS) is 10.1. The van der Waals surface area contributed by atoms with E-state index < -0.39 is 0 Å². The molecule has 0 bridgehead atoms. The van der Waals surface area contributed by atoms with Crippen molar-refractivity contribution in [2.45, 2.75) is 23.2 Å². The molecule has 2 heterocycles. The van der Waals surface area contributed by atoms with Gasteiger partial charge in [0.15, 0.2) is 10.0 Å². The largest absolute Gasteiger partial charge is 0.245 e. The van der Waals surface area contributed by atoms with E-state index in [2.05, 4.69) is 15.0 Å². The second-order valence-electron chi connectivity index (χ2n) is 3.05. The monoisotopic (exact) mass is 248 g/mol. The third-order valence-electron chi connectivity index (χ3n) is 1.96. The Bertz CT molecular complexity index is 537. The molecule has 0 aliphatic carbocycles. The second-order valence-corrected chi connectivity index (χ2v) is 5.48. The van der Waals surface area contributed by atoms with Crippen LogP contribution in [-0.2, 0) is 0 Å². The van der Waals surface area contributed by atoms with Crippen LogP contribution in [0.2, 0.25) is 0 Å². The van der Waals surface area contributed by atoms with Crippen molar-refractivity contribution in [3.05, 3.63) is 28.7 Å². The highest BCUT2D eigenvalue weighted by Gasteiger charge is 2.10. The molecule has 0 saturated carbocycles. The first-order valence-corrected chi connectivity index (χ1v) is 6.17. The summed E-state index contributed by atoms with van der Waals surface area (Å²) >= 11 is 2.99. The van der Waals surface area contributed by atoms with E-state index in [-0.39, 0.29) is 0 Å². The van der Waals surface area contributed by atoms with E-state index in [9.17, 15) is 0 Å². The van der Waals surface area contributed by atoms with Crippen molar-refractivity contribution in [3.63, 3.8) is 0 Å². The molecule has 0 aliphatic rings. The van der Waals surface area contributed by atoms with Gasteiger partial charge in [-0.25, -0.2) is 15.0 Å². The Labute approximate surface area is 101 Å². The smallest absolute Gasteiger partial charge is 0.173 e. The van der Waals surface area contributed by atoms with Crippen molar-refractivity contribution in [1.82, 2.24) is 15.0 Å². The van der Waals surface area contributed by atoms with E-state index in [0.29, 0.717) is 10.7 Å². The summed E-state index contributed by atoms with van der Waals surface area (Å²) in [5.41, 5.74) is 1.37. The zero-order chi connectivity index (χ0) is 11.5. The lowest BCUT2D eigenvalue weighted by molar-refractivity contribution is 1.02. The topological polar surface area (TPSA) is 62.5 Å². The number of hydrogen-bond acceptors (Lipinski definition) is 6. The maximum Gasteiger partial charge on any atom is 0.173 e. The Morgan fingerprint density at radius 1 is 1.31 bits per heavy atom. The molecule has 0 spiro atoms. The van der Waals surface area contributed by atoms with Gasteiger partial charge < -0.3 is 0 Å². The molecule has 2 aromatic rings. The standard InChI is InChI=1S/C10H8N4S2/c1-6-7(2)15-10(14-6)16-9-8(5-11)12-3-4-13-9/h3-4H,1-2H3. The van der Waals surface area contributed by atoms with E-state index >= 15 is 0 Å². The van der Waals surface area contributed by atoms with Gasteiger partial charge in [-0.2, -0.15) is 5.26 Å². The predicted molar refractivity (Wildman–Crippen MR) is 62.5 cm³/mol. The van der Waals surface area contributed by atoms with E-state index in [4.69, 9.17) is 5.26 Å². The van der Waals surface area contributed by atoms with Crippen molar-refractivity contribution in [2.24, 2.45) is 0 Å². The number of hydrogen-bond donors (Lipinski definition) is 0. The van der Waals surface area contributed by atoms with Crippen molar-refractivity contribution in [2.75, 3.05) is 0 Å². The predicted octanol–water partition coefficient (Wildman–Crippen LogP) is 2.57. The molecule has 0 atom stereocenters. The van der Waals surface area contributed by atoms with Crippen LogP contribution in [0.4, 0.5) is 0 Å². The van der Waals surface area contributed by atoms with Crippen LogP contribution in [-0.4, -0.2) is 15.0 Å². The first kappa shape index (κ1) is 11.0. The number of nitriles is 1. The summed E-state index contributed by atoms with van der Waals surface area (Å²) in [6.07, 6.45) is 3.09. The number of aryl methyl sites for hydroxylation is 2. The van der Waals surface area contributed by atoms with Crippen LogP contribution in [0.15, 0.2) is 21.8 Å². The lowest BCUT2D eigenvalue weighted by Crippen LogP contribution is -1.89. The van der Waals surface area contributed by atoms with Gasteiger partial charge in [-0.3, -0.25) is 0 Å². The van der Waals surface area contributed by atoms with Crippen LogP contribution in [0.1, 0.15) is 16.3 Å². The lowest BCUT2D eigenvalue weighted by Gasteiger charge is -1.96. The molecule has 2 aromatic heterocycles. The number of rotatable bonds is 2. The molecular formula is C10H8N4S2. The Morgan fingerprint density at radius 3 is 2.69 bits per heavy atom. The van der Waals surface area contributed by atoms with Crippen molar-refractivity contribution in [1.29, 1.82) is 5.26 Å². The molecule has 0 fully saturated rings. The van der Waals surface area contributed by atoms with Gasteiger partial charge in [0.1, 0.15) is 11.1 Å². The highest BCUT2D eigenvalue weighted by molar-refractivity contribution is 8.01. The number of aromatic nitrogens is 3. The van der Waals surface area contributed by atoms with Crippen LogP contribution >= 0.6 is 23.1 Å². The van der Waals surface area contributed by atoms with Gasteiger partial charge in [0.25, 0.3) is 0 Å². The molecule has 2 rings (SSSR count). The fourth-order valence-corrected chi connectivity index (χ4v) is 3.12. The Hall–Kier alpha value is -1.45. The van der Waals surface area contributed by atoms with E-state index in [1.165, 1.54) is 22.8 Å². The molecule has 0 amide bonds. The molecule has 0 unspecified atom stereocenters. The summed E-state index contributed by atoms with van der Waals surface area (Å²) < 4.78 is 0.895. The zero-order valence-corrected chi connectivity index (χ0v) is 10.4. The maximum atomic E-state index is 8.87. The summed E-state index contributed by atoms with van der Waals surface area (Å²) in [6.45, 7) is 4.00. The highest BCUT2D eigenvalue weighted by atomic mass is 32.2. The summed E-state index contributed by atoms with van der Waals surface area (Å²) in [7, 11) is 0. The van der Waals surface area contributed by atoms with Gasteiger partial charge in [0.05, 0.1) is 5.69 Å². The Kier molecular flexibility index (Phi) is 3.17. The average Bonchev–Trinajstić information content (AvgIpc) is 2.59. The van der Waals surface area contributed by atoms with Crippen LogP contribution < -0.4 is 0 Å². The fourth-order valence-electron chi connectivity index (χ4n) is 1.05. The van der Waals surface area contributed by atoms with Gasteiger partial charge in [-0.1, -0.05) is 0 Å². The molecule has 0 aromatic carbocycles. The Morgan fingerprint density at radius 2 is 2.06 bits per heavy atom. The minimum atomic E-state index is 0.345. The number of thiazole rings is 1. The SMILES string of the molecule is Cc1nc(Sc2nccnc2C#N)sc1C. The second kappa shape index (κ2) is 4.60. The van der Waals surface area contributed by atoms with Crippen LogP contribution in [0.25, 0.3) is 0 Å². The molecule has 0 aliphatic heterocycles. The quantitative estimate of drug-likeness (QED) is 0.817.